The molecule has 0 aliphatic carbocycles. The van der Waals surface area contributed by atoms with Crippen LogP contribution in [0, 0.1) is 0 Å². The molecule has 0 saturated carbocycles. The Labute approximate surface area is 329 Å². The first-order valence-corrected chi connectivity index (χ1v) is 19.2. The second kappa shape index (κ2) is 29.0. The van der Waals surface area contributed by atoms with E-state index in [2.05, 4.69) is 13.0 Å². The van der Waals surface area contributed by atoms with Gasteiger partial charge in [0, 0.05) is 12.8 Å². The van der Waals surface area contributed by atoms with Gasteiger partial charge in [-0.25, -0.2) is 0 Å². The third-order valence-electron chi connectivity index (χ3n) is 8.51. The van der Waals surface area contributed by atoms with Gasteiger partial charge in [-0.05, 0) is 38.5 Å². The maximum Gasteiger partial charge on any atom is 0.306 e. The normalized spacial score (nSPS) is 29.6. The lowest BCUT2D eigenvalue weighted by Crippen LogP contribution is -2.61. The second-order valence-corrected chi connectivity index (χ2v) is 13.1. The van der Waals surface area contributed by atoms with Crippen LogP contribution in [0.25, 0.3) is 0 Å². The summed E-state index contributed by atoms with van der Waals surface area (Å²) in [5.41, 5.74) is 0. The van der Waals surface area contributed by atoms with Gasteiger partial charge in [0.2, 0.25) is 0 Å². The van der Waals surface area contributed by atoms with Crippen molar-refractivity contribution in [2.75, 3.05) is 26.4 Å². The van der Waals surface area contributed by atoms with Crippen LogP contribution in [0.15, 0.2) is 85.1 Å². The molecule has 0 bridgehead atoms. The van der Waals surface area contributed by atoms with Gasteiger partial charge < -0.3 is 64.2 Å². The minimum absolute atomic E-state index is 0.0522. The van der Waals surface area contributed by atoms with Gasteiger partial charge in [-0.2, -0.15) is 0 Å². The fraction of sp³-hybridized carbons (Fsp3) is 0.610. The van der Waals surface area contributed by atoms with Crippen LogP contribution in [0.1, 0.15) is 65.2 Å². The molecule has 0 aromatic rings. The summed E-state index contributed by atoms with van der Waals surface area (Å²) in [5, 5.41) is 71.5. The highest BCUT2D eigenvalue weighted by atomic mass is 16.7. The van der Waals surface area contributed by atoms with Crippen LogP contribution in [0.4, 0.5) is 0 Å². The van der Waals surface area contributed by atoms with Crippen molar-refractivity contribution in [3.63, 3.8) is 0 Å². The van der Waals surface area contributed by atoms with Gasteiger partial charge in [-0.1, -0.05) is 98.9 Å². The minimum Gasteiger partial charge on any atom is -0.462 e. The second-order valence-electron chi connectivity index (χ2n) is 13.1. The minimum atomic E-state index is -1.79. The van der Waals surface area contributed by atoms with Crippen LogP contribution >= 0.6 is 0 Å². The number of carbonyl (C=O) groups is 2. The number of hydrogen-bond donors (Lipinski definition) is 7. The molecule has 2 fully saturated rings. The molecule has 316 valence electrons. The monoisotopic (exact) mass is 794 g/mol. The largest absolute Gasteiger partial charge is 0.462 e. The Morgan fingerprint density at radius 1 is 0.589 bits per heavy atom. The van der Waals surface area contributed by atoms with E-state index in [1.807, 2.05) is 85.9 Å². The number of esters is 2. The van der Waals surface area contributed by atoms with Crippen molar-refractivity contribution in [2.24, 2.45) is 0 Å². The summed E-state index contributed by atoms with van der Waals surface area (Å²) in [4.78, 5) is 25.3. The average molecular weight is 795 g/mol. The molecule has 0 radical (unpaired) electrons. The zero-order valence-electron chi connectivity index (χ0n) is 32.3. The van der Waals surface area contributed by atoms with E-state index in [1.165, 1.54) is 0 Å². The average Bonchev–Trinajstić information content (AvgIpc) is 3.19. The molecule has 0 aromatic heterocycles. The predicted molar refractivity (Wildman–Crippen MR) is 205 cm³/mol. The van der Waals surface area contributed by atoms with Gasteiger partial charge in [-0.15, -0.1) is 0 Å². The van der Waals surface area contributed by atoms with Crippen LogP contribution in [0.2, 0.25) is 0 Å². The molecular formula is C41H62O15. The summed E-state index contributed by atoms with van der Waals surface area (Å²) in [6, 6.07) is 0. The van der Waals surface area contributed by atoms with Gasteiger partial charge in [0.15, 0.2) is 18.7 Å². The topological polar surface area (TPSA) is 231 Å². The molecular weight excluding hydrogens is 732 g/mol. The fourth-order valence-electron chi connectivity index (χ4n) is 5.30. The molecule has 7 N–H and O–H groups in total. The van der Waals surface area contributed by atoms with E-state index in [0.717, 1.165) is 19.3 Å². The summed E-state index contributed by atoms with van der Waals surface area (Å²) in [7, 11) is 0. The van der Waals surface area contributed by atoms with E-state index >= 15 is 0 Å². The number of allylic oxidation sites excluding steroid dienone is 14. The van der Waals surface area contributed by atoms with Crippen LogP contribution < -0.4 is 0 Å². The van der Waals surface area contributed by atoms with Crippen molar-refractivity contribution < 1.29 is 73.8 Å². The maximum absolute atomic E-state index is 12.8. The molecule has 2 heterocycles. The molecule has 0 amide bonds. The SMILES string of the molecule is CC/C=C/C=C/C=C/C=C/C=C/CCCC(=O)OC(COC(=O)CC/C=C/C/C=C/CC)CO[C@@H]1O[C@H](CO[C@@H]2O[C@H](CO)[C@H](O)C(O)C2O)[C@H](O)C(O)C1O. The number of carbonyl (C=O) groups excluding carboxylic acids is 2. The Hall–Kier alpha value is -3.32. The zero-order valence-corrected chi connectivity index (χ0v) is 32.3. The Bertz CT molecular complexity index is 1310. The van der Waals surface area contributed by atoms with Gasteiger partial charge in [0.1, 0.15) is 55.4 Å². The molecule has 0 aromatic carbocycles. The summed E-state index contributed by atoms with van der Waals surface area (Å²) in [6.07, 6.45) is 14.3. The van der Waals surface area contributed by atoms with Crippen molar-refractivity contribution in [1.82, 2.24) is 0 Å². The highest BCUT2D eigenvalue weighted by molar-refractivity contribution is 5.70. The first-order valence-electron chi connectivity index (χ1n) is 19.2. The fourth-order valence-corrected chi connectivity index (χ4v) is 5.30. The lowest BCUT2D eigenvalue weighted by Gasteiger charge is -2.42. The summed E-state index contributed by atoms with van der Waals surface area (Å²) >= 11 is 0. The van der Waals surface area contributed by atoms with E-state index in [4.69, 9.17) is 28.4 Å². The van der Waals surface area contributed by atoms with Crippen molar-refractivity contribution in [3.8, 4) is 0 Å². The molecule has 15 nitrogen and oxygen atoms in total. The van der Waals surface area contributed by atoms with Crippen molar-refractivity contribution in [1.29, 1.82) is 0 Å². The number of unbranched alkanes of at least 4 members (excludes halogenated alkanes) is 1. The van der Waals surface area contributed by atoms with Crippen molar-refractivity contribution >= 4 is 11.9 Å². The van der Waals surface area contributed by atoms with Crippen molar-refractivity contribution in [2.45, 2.75) is 133 Å². The first-order chi connectivity index (χ1) is 27.0. The highest BCUT2D eigenvalue weighted by Crippen LogP contribution is 2.26. The van der Waals surface area contributed by atoms with E-state index < -0.39 is 99.3 Å². The molecule has 2 aliphatic rings. The third-order valence-corrected chi connectivity index (χ3v) is 8.51. The molecule has 56 heavy (non-hydrogen) atoms. The molecule has 5 unspecified atom stereocenters. The number of aliphatic hydroxyl groups excluding tert-OH is 7. The quantitative estimate of drug-likeness (QED) is 0.0304. The van der Waals surface area contributed by atoms with Crippen LogP contribution in [0.5, 0.6) is 0 Å². The van der Waals surface area contributed by atoms with Gasteiger partial charge in [0.05, 0.1) is 19.8 Å². The number of aliphatic hydroxyl groups is 7. The smallest absolute Gasteiger partial charge is 0.306 e. The molecule has 2 aliphatic heterocycles. The van der Waals surface area contributed by atoms with Crippen LogP contribution in [-0.4, -0.2) is 142 Å². The Kier molecular flexibility index (Phi) is 25.3. The van der Waals surface area contributed by atoms with E-state index in [1.54, 1.807) is 0 Å². The number of rotatable bonds is 25. The Morgan fingerprint density at radius 3 is 1.80 bits per heavy atom. The standard InChI is InChI=1S/C41H62O15/c1-3-5-7-9-11-12-13-14-15-16-18-20-22-24-33(44)54-29(26-51-32(43)23-21-19-17-10-8-6-4-2)27-52-40-39(50)37(48)35(46)31(56-40)28-53-41-38(49)36(47)34(45)30(25-42)55-41/h5-9,11-19,29-31,34-42,45-50H,3-4,10,20-28H2,1-2H3/b7-5+,8-6+,11-9+,13-12+,15-14+,18-16+,19-17+/t29?,30-,31-,34+,35+,36?,37?,38?,39?,40-,41-/m1/s1. The lowest BCUT2D eigenvalue weighted by molar-refractivity contribution is -0.332. The highest BCUT2D eigenvalue weighted by Gasteiger charge is 2.47. The van der Waals surface area contributed by atoms with Gasteiger partial charge in [0.25, 0.3) is 0 Å². The van der Waals surface area contributed by atoms with Gasteiger partial charge in [-0.3, -0.25) is 9.59 Å². The third kappa shape index (κ3) is 18.7. The van der Waals surface area contributed by atoms with E-state index in [9.17, 15) is 45.3 Å². The zero-order chi connectivity index (χ0) is 41.1. The van der Waals surface area contributed by atoms with Crippen molar-refractivity contribution in [3.05, 3.63) is 85.1 Å². The molecule has 11 atom stereocenters. The van der Waals surface area contributed by atoms with E-state index in [-0.39, 0.29) is 19.4 Å². The molecule has 15 heteroatoms. The van der Waals surface area contributed by atoms with Crippen LogP contribution in [-0.2, 0) is 38.0 Å². The Balaban J connectivity index is 1.97. The lowest BCUT2D eigenvalue weighted by atomic mass is 9.98. The van der Waals surface area contributed by atoms with Gasteiger partial charge >= 0.3 is 11.9 Å². The number of hydrogen-bond acceptors (Lipinski definition) is 15. The van der Waals surface area contributed by atoms with Crippen LogP contribution in [0.3, 0.4) is 0 Å². The summed E-state index contributed by atoms with van der Waals surface area (Å²) < 4.78 is 33.0. The maximum atomic E-state index is 12.8. The predicted octanol–water partition coefficient (Wildman–Crippen LogP) is 2.14. The number of ether oxygens (including phenoxy) is 6. The molecule has 0 spiro atoms. The molecule has 2 rings (SSSR count). The summed E-state index contributed by atoms with van der Waals surface area (Å²) in [6.45, 7) is 2.06. The Morgan fingerprint density at radius 2 is 1.16 bits per heavy atom. The first kappa shape index (κ1) is 48.8. The summed E-state index contributed by atoms with van der Waals surface area (Å²) in [5.74, 6) is -1.12. The molecule has 2 saturated heterocycles. The van der Waals surface area contributed by atoms with E-state index in [0.29, 0.717) is 19.3 Å².